The number of esters is 1. The zero-order chi connectivity index (χ0) is 22.8. The highest BCUT2D eigenvalue weighted by atomic mass is 16.7. The second-order valence-electron chi connectivity index (χ2n) is 7.55. The van der Waals surface area contributed by atoms with Crippen LogP contribution < -0.4 is 18.9 Å². The second kappa shape index (κ2) is 8.70. The van der Waals surface area contributed by atoms with Crippen LogP contribution >= 0.6 is 0 Å². The molecular weight excluding hydrogens is 424 g/mol. The minimum atomic E-state index is -0.487. The molecule has 3 aromatic rings. The summed E-state index contributed by atoms with van der Waals surface area (Å²) in [6.07, 6.45) is 1.66. The van der Waals surface area contributed by atoms with Gasteiger partial charge in [-0.25, -0.2) is 4.79 Å². The van der Waals surface area contributed by atoms with Crippen molar-refractivity contribution in [3.05, 3.63) is 88.7 Å². The van der Waals surface area contributed by atoms with Crippen molar-refractivity contribution in [2.45, 2.75) is 13.5 Å². The van der Waals surface area contributed by atoms with Crippen LogP contribution in [0.5, 0.6) is 23.0 Å². The van der Waals surface area contributed by atoms with Crippen LogP contribution in [0.25, 0.3) is 6.08 Å². The van der Waals surface area contributed by atoms with Crippen LogP contribution in [0, 0.1) is 6.92 Å². The number of hydrogen-bond donors (Lipinski definition) is 0. The van der Waals surface area contributed by atoms with Crippen molar-refractivity contribution in [3.63, 3.8) is 0 Å². The van der Waals surface area contributed by atoms with Gasteiger partial charge in [0.2, 0.25) is 12.6 Å². The van der Waals surface area contributed by atoms with Crippen molar-refractivity contribution in [2.75, 3.05) is 13.4 Å². The summed E-state index contributed by atoms with van der Waals surface area (Å²) in [5.41, 5.74) is 2.73. The minimum Gasteiger partial charge on any atom is -0.481 e. The molecule has 0 fully saturated rings. The van der Waals surface area contributed by atoms with Gasteiger partial charge in [0.05, 0.1) is 5.56 Å². The molecule has 7 heteroatoms. The van der Waals surface area contributed by atoms with E-state index in [2.05, 4.69) is 0 Å². The van der Waals surface area contributed by atoms with E-state index in [-0.39, 0.29) is 31.5 Å². The summed E-state index contributed by atoms with van der Waals surface area (Å²) >= 11 is 0. The summed E-state index contributed by atoms with van der Waals surface area (Å²) in [6.45, 7) is 1.89. The molecule has 2 aliphatic heterocycles. The van der Waals surface area contributed by atoms with E-state index < -0.39 is 5.97 Å². The Labute approximate surface area is 190 Å². The van der Waals surface area contributed by atoms with Crippen LogP contribution in [0.2, 0.25) is 0 Å². The topological polar surface area (TPSA) is 80.3 Å². The zero-order valence-electron chi connectivity index (χ0n) is 17.8. The summed E-state index contributed by atoms with van der Waals surface area (Å²) in [4.78, 5) is 24.9. The van der Waals surface area contributed by atoms with Crippen LogP contribution in [0.15, 0.2) is 66.4 Å². The van der Waals surface area contributed by atoms with E-state index in [4.69, 9.17) is 23.7 Å². The number of carbonyl (C=O) groups excluding carboxylic acids is 2. The summed E-state index contributed by atoms with van der Waals surface area (Å²) in [7, 11) is 0. The molecule has 0 atom stereocenters. The molecule has 0 N–H and O–H groups in total. The first kappa shape index (κ1) is 20.6. The van der Waals surface area contributed by atoms with Crippen molar-refractivity contribution in [1.82, 2.24) is 0 Å². The molecule has 7 nitrogen and oxygen atoms in total. The molecule has 2 aliphatic rings. The Kier molecular flexibility index (Phi) is 5.44. The number of Topliss-reactive ketones (excluding diaryl/α,β-unsaturated/α-hetero) is 1. The summed E-state index contributed by atoms with van der Waals surface area (Å²) < 4.78 is 27.4. The summed E-state index contributed by atoms with van der Waals surface area (Å²) in [5.74, 6) is 1.65. The maximum Gasteiger partial charge on any atom is 0.344 e. The van der Waals surface area contributed by atoms with Gasteiger partial charge in [0, 0.05) is 5.56 Å². The van der Waals surface area contributed by atoms with E-state index in [1.807, 2.05) is 36.4 Å². The fraction of sp³-hybridized carbons (Fsp3) is 0.154. The Morgan fingerprint density at radius 3 is 2.70 bits per heavy atom. The molecule has 0 aliphatic carbocycles. The van der Waals surface area contributed by atoms with Gasteiger partial charge in [-0.2, -0.15) is 0 Å². The molecule has 3 aromatic carbocycles. The van der Waals surface area contributed by atoms with Crippen LogP contribution in [0.1, 0.15) is 27.0 Å². The summed E-state index contributed by atoms with van der Waals surface area (Å²) in [6, 6.07) is 18.1. The molecule has 5 rings (SSSR count). The number of allylic oxidation sites excluding steroid dienone is 1. The average molecular weight is 444 g/mol. The van der Waals surface area contributed by atoms with E-state index in [0.717, 1.165) is 11.1 Å². The second-order valence-corrected chi connectivity index (χ2v) is 7.55. The van der Waals surface area contributed by atoms with Crippen molar-refractivity contribution in [3.8, 4) is 23.0 Å². The third kappa shape index (κ3) is 4.25. The number of rotatable bonds is 6. The van der Waals surface area contributed by atoms with E-state index in [1.54, 1.807) is 37.3 Å². The Bertz CT molecular complexity index is 1260. The van der Waals surface area contributed by atoms with Crippen LogP contribution in [-0.2, 0) is 16.1 Å². The zero-order valence-corrected chi connectivity index (χ0v) is 17.8. The van der Waals surface area contributed by atoms with Gasteiger partial charge in [-0.15, -0.1) is 0 Å². The number of ketones is 1. The van der Waals surface area contributed by atoms with E-state index >= 15 is 0 Å². The van der Waals surface area contributed by atoms with Gasteiger partial charge in [0.1, 0.15) is 18.1 Å². The first-order valence-electron chi connectivity index (χ1n) is 10.4. The molecule has 0 saturated carbocycles. The SMILES string of the molecule is Cc1c(OCC(=O)OCc2ccccc2)ccc2c1O/C(=C\c1ccc3c(c1)OCO3)C2=O. The van der Waals surface area contributed by atoms with E-state index in [0.29, 0.717) is 34.1 Å². The number of benzene rings is 3. The Morgan fingerprint density at radius 1 is 1.03 bits per heavy atom. The third-order valence-electron chi connectivity index (χ3n) is 5.32. The lowest BCUT2D eigenvalue weighted by Gasteiger charge is -2.11. The predicted molar refractivity (Wildman–Crippen MR) is 118 cm³/mol. The Balaban J connectivity index is 1.26. The lowest BCUT2D eigenvalue weighted by Crippen LogP contribution is -2.15. The fourth-order valence-corrected chi connectivity index (χ4v) is 3.60. The molecule has 0 radical (unpaired) electrons. The highest BCUT2D eigenvalue weighted by Gasteiger charge is 2.30. The van der Waals surface area contributed by atoms with Crippen molar-refractivity contribution >= 4 is 17.8 Å². The van der Waals surface area contributed by atoms with E-state index in [1.165, 1.54) is 0 Å². The van der Waals surface area contributed by atoms with Crippen molar-refractivity contribution in [2.24, 2.45) is 0 Å². The van der Waals surface area contributed by atoms with Crippen molar-refractivity contribution in [1.29, 1.82) is 0 Å². The van der Waals surface area contributed by atoms with Crippen LogP contribution in [-0.4, -0.2) is 25.2 Å². The van der Waals surface area contributed by atoms with Gasteiger partial charge in [-0.1, -0.05) is 36.4 Å². The van der Waals surface area contributed by atoms with Gasteiger partial charge in [-0.3, -0.25) is 4.79 Å². The Morgan fingerprint density at radius 2 is 1.85 bits per heavy atom. The number of hydrogen-bond acceptors (Lipinski definition) is 7. The van der Waals surface area contributed by atoms with E-state index in [9.17, 15) is 9.59 Å². The Hall–Kier alpha value is -4.26. The largest absolute Gasteiger partial charge is 0.481 e. The molecule has 0 aromatic heterocycles. The number of fused-ring (bicyclic) bond motifs is 2. The minimum absolute atomic E-state index is 0.178. The molecule has 166 valence electrons. The number of ether oxygens (including phenoxy) is 5. The predicted octanol–water partition coefficient (Wildman–Crippen LogP) is 4.46. The lowest BCUT2D eigenvalue weighted by molar-refractivity contribution is -0.147. The molecule has 2 heterocycles. The maximum absolute atomic E-state index is 12.8. The first-order valence-corrected chi connectivity index (χ1v) is 10.4. The molecule has 0 spiro atoms. The quantitative estimate of drug-likeness (QED) is 0.410. The standard InChI is InChI=1S/C26H20O7/c1-16-20(29-14-24(27)30-13-17-5-3-2-4-6-17)10-8-19-25(28)23(33-26(16)19)12-18-7-9-21-22(11-18)32-15-31-21/h2-12H,13-15H2,1H3/b23-12-. The van der Waals surface area contributed by atoms with Gasteiger partial charge >= 0.3 is 5.97 Å². The molecule has 0 unspecified atom stereocenters. The van der Waals surface area contributed by atoms with Gasteiger partial charge in [0.25, 0.3) is 0 Å². The van der Waals surface area contributed by atoms with Gasteiger partial charge < -0.3 is 23.7 Å². The highest BCUT2D eigenvalue weighted by Crippen LogP contribution is 2.40. The third-order valence-corrected chi connectivity index (χ3v) is 5.32. The van der Waals surface area contributed by atoms with Crippen LogP contribution in [0.3, 0.4) is 0 Å². The average Bonchev–Trinajstić information content (AvgIpc) is 3.43. The maximum atomic E-state index is 12.8. The molecular formula is C26H20O7. The molecule has 0 saturated heterocycles. The summed E-state index contributed by atoms with van der Waals surface area (Å²) in [5, 5.41) is 0. The molecule has 33 heavy (non-hydrogen) atoms. The van der Waals surface area contributed by atoms with Crippen LogP contribution in [0.4, 0.5) is 0 Å². The smallest absolute Gasteiger partial charge is 0.344 e. The van der Waals surface area contributed by atoms with Gasteiger partial charge in [0.15, 0.2) is 23.9 Å². The first-order chi connectivity index (χ1) is 16.1. The molecule has 0 amide bonds. The van der Waals surface area contributed by atoms with Gasteiger partial charge in [-0.05, 0) is 48.4 Å². The van der Waals surface area contributed by atoms with Crippen molar-refractivity contribution < 1.29 is 33.3 Å². The highest BCUT2D eigenvalue weighted by molar-refractivity contribution is 6.15. The monoisotopic (exact) mass is 444 g/mol. The normalized spacial score (nSPS) is 14.7. The number of carbonyl (C=O) groups is 2. The molecule has 0 bridgehead atoms. The fourth-order valence-electron chi connectivity index (χ4n) is 3.60. The lowest BCUT2D eigenvalue weighted by atomic mass is 10.1.